The fourth-order valence-corrected chi connectivity index (χ4v) is 4.02. The smallest absolute Gasteiger partial charge is 0.265 e. The van der Waals surface area contributed by atoms with E-state index in [-0.39, 0.29) is 11.9 Å². The number of sulfonamides is 1. The van der Waals surface area contributed by atoms with Crippen molar-refractivity contribution < 1.29 is 22.7 Å². The van der Waals surface area contributed by atoms with E-state index in [1.807, 2.05) is 44.2 Å². The monoisotopic (exact) mass is 509 g/mol. The van der Waals surface area contributed by atoms with Crippen LogP contribution in [0.1, 0.15) is 42.2 Å². The minimum Gasteiger partial charge on any atom is -0.481 e. The molecule has 3 aromatic rings. The second-order valence-corrected chi connectivity index (χ2v) is 10.4. The zero-order chi connectivity index (χ0) is 26.3. The lowest BCUT2D eigenvalue weighted by molar-refractivity contribution is -0.122. The average Bonchev–Trinajstić information content (AvgIpc) is 2.87. The van der Waals surface area contributed by atoms with E-state index in [9.17, 15) is 18.0 Å². The lowest BCUT2D eigenvalue weighted by atomic mass is 10.1. The summed E-state index contributed by atoms with van der Waals surface area (Å²) in [6.45, 7) is 3.71. The molecule has 3 aromatic carbocycles. The molecule has 0 saturated carbocycles. The molecule has 8 nitrogen and oxygen atoms in total. The number of nitrogens with zero attached hydrogens (tertiary/aromatic N) is 1. The van der Waals surface area contributed by atoms with Crippen molar-refractivity contribution in [2.75, 3.05) is 22.9 Å². The van der Waals surface area contributed by atoms with Crippen molar-refractivity contribution in [1.29, 1.82) is 0 Å². The number of ether oxygens (including phenoxy) is 1. The number of rotatable bonds is 10. The Kier molecular flexibility index (Phi) is 8.71. The van der Waals surface area contributed by atoms with E-state index in [2.05, 4.69) is 10.6 Å². The fourth-order valence-electron chi connectivity index (χ4n) is 3.52. The molecular formula is C27H31N3O5S. The summed E-state index contributed by atoms with van der Waals surface area (Å²) >= 11 is 0. The molecule has 0 radical (unpaired) electrons. The number of hydrogen-bond donors (Lipinski definition) is 2. The Bertz CT molecular complexity index is 1290. The molecule has 9 heteroatoms. The predicted molar refractivity (Wildman–Crippen MR) is 142 cm³/mol. The van der Waals surface area contributed by atoms with Crippen LogP contribution >= 0.6 is 0 Å². The maximum absolute atomic E-state index is 13.0. The van der Waals surface area contributed by atoms with Gasteiger partial charge in [0.2, 0.25) is 10.0 Å². The maximum atomic E-state index is 13.0. The van der Waals surface area contributed by atoms with E-state index in [1.165, 1.54) is 7.05 Å². The summed E-state index contributed by atoms with van der Waals surface area (Å²) in [7, 11) is -1.92. The summed E-state index contributed by atoms with van der Waals surface area (Å²) in [4.78, 5) is 26.0. The van der Waals surface area contributed by atoms with Gasteiger partial charge in [-0.25, -0.2) is 8.42 Å². The molecule has 0 spiro atoms. The number of benzene rings is 3. The molecule has 0 bridgehead atoms. The number of nitrogens with one attached hydrogen (secondary N) is 2. The van der Waals surface area contributed by atoms with E-state index < -0.39 is 22.0 Å². The third kappa shape index (κ3) is 6.85. The molecule has 0 aliphatic carbocycles. The highest BCUT2D eigenvalue weighted by Crippen LogP contribution is 2.23. The number of carbonyl (C=O) groups is 2. The highest BCUT2D eigenvalue weighted by molar-refractivity contribution is 7.92. The second-order valence-electron chi connectivity index (χ2n) is 8.38. The van der Waals surface area contributed by atoms with E-state index in [0.29, 0.717) is 29.1 Å². The van der Waals surface area contributed by atoms with Crippen LogP contribution in [0.25, 0.3) is 0 Å². The molecule has 2 atom stereocenters. The highest BCUT2D eigenvalue weighted by Gasteiger charge is 2.22. The van der Waals surface area contributed by atoms with Crippen LogP contribution in [0.5, 0.6) is 5.75 Å². The summed E-state index contributed by atoms with van der Waals surface area (Å²) in [5, 5.41) is 5.78. The zero-order valence-electron chi connectivity index (χ0n) is 20.8. The molecule has 2 N–H and O–H groups in total. The van der Waals surface area contributed by atoms with Crippen LogP contribution in [-0.4, -0.2) is 39.6 Å². The summed E-state index contributed by atoms with van der Waals surface area (Å²) in [5.41, 5.74) is 2.18. The van der Waals surface area contributed by atoms with Crippen molar-refractivity contribution in [3.05, 3.63) is 90.0 Å². The molecule has 0 aromatic heterocycles. The molecular weight excluding hydrogens is 478 g/mol. The first-order valence-corrected chi connectivity index (χ1v) is 13.4. The van der Waals surface area contributed by atoms with Crippen LogP contribution in [-0.2, 0) is 14.8 Å². The third-order valence-corrected chi connectivity index (χ3v) is 6.92. The van der Waals surface area contributed by atoms with Gasteiger partial charge in [0.1, 0.15) is 5.75 Å². The second kappa shape index (κ2) is 11.7. The van der Waals surface area contributed by atoms with Crippen molar-refractivity contribution in [3.8, 4) is 5.75 Å². The first-order valence-electron chi connectivity index (χ1n) is 11.6. The van der Waals surface area contributed by atoms with E-state index >= 15 is 0 Å². The largest absolute Gasteiger partial charge is 0.481 e. The maximum Gasteiger partial charge on any atom is 0.265 e. The Morgan fingerprint density at radius 3 is 2.17 bits per heavy atom. The van der Waals surface area contributed by atoms with Crippen LogP contribution in [0.3, 0.4) is 0 Å². The minimum absolute atomic E-state index is 0.209. The van der Waals surface area contributed by atoms with E-state index in [0.717, 1.165) is 16.1 Å². The standard InChI is InChI=1S/C27H31N3O5S/c1-5-25(35-22-17-15-21(16-18-22)30(3)36(4,33)34)27(32)29-24-14-10-9-13-23(24)26(31)28-19(2)20-11-7-6-8-12-20/h6-19,25H,5H2,1-4H3,(H,28,31)(H,29,32)/t19-,25+/m1/s1. The Hall–Kier alpha value is -3.85. The number of para-hydroxylation sites is 1. The van der Waals surface area contributed by atoms with E-state index in [4.69, 9.17) is 4.74 Å². The van der Waals surface area contributed by atoms with Crippen molar-refractivity contribution >= 4 is 33.2 Å². The molecule has 0 fully saturated rings. The van der Waals surface area contributed by atoms with Crippen LogP contribution in [0.2, 0.25) is 0 Å². The fraction of sp³-hybridized carbons (Fsp3) is 0.259. The van der Waals surface area contributed by atoms with Gasteiger partial charge in [0.25, 0.3) is 11.8 Å². The third-order valence-electron chi connectivity index (χ3n) is 5.72. The van der Waals surface area contributed by atoms with Gasteiger partial charge in [-0.05, 0) is 55.3 Å². The van der Waals surface area contributed by atoms with Crippen molar-refractivity contribution in [2.45, 2.75) is 32.4 Å². The predicted octanol–water partition coefficient (Wildman–Crippen LogP) is 4.37. The number of anilines is 2. The van der Waals surface area contributed by atoms with Gasteiger partial charge in [-0.2, -0.15) is 0 Å². The topological polar surface area (TPSA) is 105 Å². The SMILES string of the molecule is CC[C@H](Oc1ccc(N(C)S(C)(=O)=O)cc1)C(=O)Nc1ccccc1C(=O)N[C@H](C)c1ccccc1. The van der Waals surface area contributed by atoms with Crippen LogP contribution in [0.15, 0.2) is 78.9 Å². The van der Waals surface area contributed by atoms with Crippen LogP contribution in [0, 0.1) is 0 Å². The molecule has 0 saturated heterocycles. The minimum atomic E-state index is -3.38. The summed E-state index contributed by atoms with van der Waals surface area (Å²) in [6.07, 6.45) is 0.689. The summed E-state index contributed by atoms with van der Waals surface area (Å²) < 4.78 is 30.5. The first-order chi connectivity index (χ1) is 17.1. The Morgan fingerprint density at radius 2 is 1.56 bits per heavy atom. The van der Waals surface area contributed by atoms with Gasteiger partial charge in [0.05, 0.1) is 29.2 Å². The average molecular weight is 510 g/mol. The molecule has 0 aliphatic heterocycles. The van der Waals surface area contributed by atoms with Crippen LogP contribution in [0.4, 0.5) is 11.4 Å². The Labute approximate surface area is 212 Å². The highest BCUT2D eigenvalue weighted by atomic mass is 32.2. The molecule has 0 heterocycles. The van der Waals surface area contributed by atoms with Crippen LogP contribution < -0.4 is 19.7 Å². The molecule has 0 unspecified atom stereocenters. The van der Waals surface area contributed by atoms with Gasteiger partial charge in [-0.15, -0.1) is 0 Å². The van der Waals surface area contributed by atoms with Crippen molar-refractivity contribution in [1.82, 2.24) is 5.32 Å². The molecule has 2 amide bonds. The molecule has 190 valence electrons. The van der Waals surface area contributed by atoms with Gasteiger partial charge in [-0.1, -0.05) is 49.4 Å². The van der Waals surface area contributed by atoms with Gasteiger partial charge >= 0.3 is 0 Å². The van der Waals surface area contributed by atoms with Gasteiger partial charge < -0.3 is 15.4 Å². The summed E-state index contributed by atoms with van der Waals surface area (Å²) in [6, 6.07) is 22.6. The lowest BCUT2D eigenvalue weighted by Gasteiger charge is -2.20. The number of hydrogen-bond acceptors (Lipinski definition) is 5. The van der Waals surface area contributed by atoms with Gasteiger partial charge in [-0.3, -0.25) is 13.9 Å². The number of amides is 2. The first kappa shape index (κ1) is 26.7. The van der Waals surface area contributed by atoms with Gasteiger partial charge in [0, 0.05) is 7.05 Å². The quantitative estimate of drug-likeness (QED) is 0.422. The Morgan fingerprint density at radius 1 is 0.944 bits per heavy atom. The number of carbonyl (C=O) groups excluding carboxylic acids is 2. The van der Waals surface area contributed by atoms with Crippen molar-refractivity contribution in [3.63, 3.8) is 0 Å². The molecule has 36 heavy (non-hydrogen) atoms. The van der Waals surface area contributed by atoms with Gasteiger partial charge in [0.15, 0.2) is 6.10 Å². The molecule has 0 aliphatic rings. The normalized spacial score (nSPS) is 12.8. The Balaban J connectivity index is 1.69. The van der Waals surface area contributed by atoms with Crippen molar-refractivity contribution in [2.24, 2.45) is 0 Å². The zero-order valence-corrected chi connectivity index (χ0v) is 21.6. The van der Waals surface area contributed by atoms with E-state index in [1.54, 1.807) is 48.5 Å². The summed E-state index contributed by atoms with van der Waals surface area (Å²) in [5.74, 6) is -0.279. The molecule has 3 rings (SSSR count). The lowest BCUT2D eigenvalue weighted by Crippen LogP contribution is -2.34.